The second-order valence-corrected chi connectivity index (χ2v) is 4.64. The van der Waals surface area contributed by atoms with Crippen LogP contribution in [0.25, 0.3) is 0 Å². The van der Waals surface area contributed by atoms with Crippen LogP contribution in [-0.4, -0.2) is 22.5 Å². The van der Waals surface area contributed by atoms with Crippen LogP contribution in [0.2, 0.25) is 0 Å². The zero-order chi connectivity index (χ0) is 11.4. The molecule has 0 aromatic heterocycles. The Balaban J connectivity index is 0. The minimum absolute atomic E-state index is 0. The van der Waals surface area contributed by atoms with Gasteiger partial charge in [0.2, 0.25) is 0 Å². The zero-order valence-corrected chi connectivity index (χ0v) is 12.9. The Morgan fingerprint density at radius 3 is 2.00 bits per heavy atom. The van der Waals surface area contributed by atoms with Crippen LogP contribution in [0.15, 0.2) is 4.99 Å². The first-order chi connectivity index (χ1) is 6.34. The van der Waals surface area contributed by atoms with E-state index >= 15 is 0 Å². The summed E-state index contributed by atoms with van der Waals surface area (Å²) in [6.45, 7) is 12.2. The van der Waals surface area contributed by atoms with Crippen LogP contribution in [-0.2, 0) is 0 Å². The van der Waals surface area contributed by atoms with Crippen molar-refractivity contribution < 1.29 is 43.7 Å². The van der Waals surface area contributed by atoms with Gasteiger partial charge < -0.3 is 5.11 Å². The molecule has 1 radical (unpaired) electrons. The van der Waals surface area contributed by atoms with Crippen molar-refractivity contribution >= 4 is 5.71 Å². The van der Waals surface area contributed by atoms with Crippen molar-refractivity contribution in [3.63, 3.8) is 0 Å². The van der Waals surface area contributed by atoms with Gasteiger partial charge in [-0.25, -0.2) is 0 Å². The molecule has 0 aromatic carbocycles. The molecule has 0 bridgehead atoms. The van der Waals surface area contributed by atoms with Gasteiger partial charge in [0.15, 0.2) is 0 Å². The third-order valence-electron chi connectivity index (χ3n) is 2.66. The maximum absolute atomic E-state index is 10.5. The van der Waals surface area contributed by atoms with Crippen LogP contribution in [0.1, 0.15) is 54.4 Å². The van der Waals surface area contributed by atoms with E-state index in [0.717, 1.165) is 18.6 Å². The molecule has 0 saturated carbocycles. The molecule has 2 nitrogen and oxygen atoms in total. The molecule has 1 atom stereocenters. The molecule has 1 N–H and O–H groups in total. The number of hydrogen-bond acceptors (Lipinski definition) is 2. The van der Waals surface area contributed by atoms with E-state index in [-0.39, 0.29) is 50.6 Å². The van der Waals surface area contributed by atoms with E-state index in [9.17, 15) is 5.11 Å². The number of nitrogens with zero attached hydrogens (tertiary/aromatic N) is 1. The Kier molecular flexibility index (Phi) is 9.84. The van der Waals surface area contributed by atoms with Crippen molar-refractivity contribution in [2.45, 2.75) is 66.0 Å². The van der Waals surface area contributed by atoms with E-state index in [1.807, 2.05) is 20.8 Å². The summed E-state index contributed by atoms with van der Waals surface area (Å²) < 4.78 is 0. The number of aliphatic hydroxyl groups is 1. The Morgan fingerprint density at radius 2 is 1.73 bits per heavy atom. The van der Waals surface area contributed by atoms with E-state index in [1.54, 1.807) is 0 Å². The molecule has 0 spiro atoms. The van der Waals surface area contributed by atoms with E-state index in [2.05, 4.69) is 25.8 Å². The van der Waals surface area contributed by atoms with Crippen molar-refractivity contribution in [3.05, 3.63) is 0 Å². The van der Waals surface area contributed by atoms with Crippen LogP contribution < -0.4 is 0 Å². The summed E-state index contributed by atoms with van der Waals surface area (Å²) in [6, 6.07) is 0.261. The van der Waals surface area contributed by atoms with Gasteiger partial charge in [0, 0.05) is 50.4 Å². The molecular weight excluding hydrogens is 333 g/mol. The normalized spacial score (nSPS) is 16.5. The molecule has 0 saturated heterocycles. The van der Waals surface area contributed by atoms with Gasteiger partial charge in [0.1, 0.15) is 5.60 Å². The molecule has 0 rings (SSSR count). The predicted molar refractivity (Wildman–Crippen MR) is 62.9 cm³/mol. The molecule has 0 amide bonds. The van der Waals surface area contributed by atoms with Crippen molar-refractivity contribution in [1.82, 2.24) is 0 Å². The monoisotopic (exact) mass is 358 g/mol. The van der Waals surface area contributed by atoms with Crippen LogP contribution in [0.3, 0.4) is 0 Å². The summed E-state index contributed by atoms with van der Waals surface area (Å²) in [6.07, 6.45) is 1.78. The topological polar surface area (TPSA) is 32.6 Å². The van der Waals surface area contributed by atoms with E-state index < -0.39 is 5.60 Å². The largest absolute Gasteiger partial charge is 0.384 e. The van der Waals surface area contributed by atoms with Crippen LogP contribution >= 0.6 is 0 Å². The number of rotatable bonds is 5. The fraction of sp³-hybridized carbons (Fsp3) is 0.917. The third-order valence-corrected chi connectivity index (χ3v) is 2.66. The van der Waals surface area contributed by atoms with Gasteiger partial charge in [-0.15, -0.1) is 0 Å². The Hall–Kier alpha value is 0.916. The van der Waals surface area contributed by atoms with Crippen LogP contribution in [0, 0.1) is 44.5 Å². The van der Waals surface area contributed by atoms with Crippen molar-refractivity contribution in [2.24, 2.45) is 10.9 Å². The summed E-state index contributed by atoms with van der Waals surface area (Å²) in [4.78, 5) is 4.46. The molecule has 3 heteroatoms. The summed E-state index contributed by atoms with van der Waals surface area (Å²) in [7, 11) is 0. The Bertz CT molecular complexity index is 202. The van der Waals surface area contributed by atoms with Gasteiger partial charge in [-0.2, -0.15) is 0 Å². The molecule has 93 valence electrons. The third kappa shape index (κ3) is 5.69. The molecule has 0 aromatic rings. The maximum Gasteiger partial charge on any atom is 0.104 e. The summed E-state index contributed by atoms with van der Waals surface area (Å²) >= 11 is 0. The SMILES string of the molecule is CCCC(O)(C(C)=NC(C)C)C(C)C.[Tb]. The molecule has 0 heterocycles. The Labute approximate surface area is 125 Å². The maximum atomic E-state index is 10.5. The molecular formula is C12H25NOTb. The molecule has 0 fully saturated rings. The van der Waals surface area contributed by atoms with Gasteiger partial charge in [0.05, 0.1) is 0 Å². The van der Waals surface area contributed by atoms with Gasteiger partial charge in [-0.1, -0.05) is 27.2 Å². The van der Waals surface area contributed by atoms with Crippen molar-refractivity contribution in [1.29, 1.82) is 0 Å². The summed E-state index contributed by atoms with van der Waals surface area (Å²) in [5.74, 6) is 0.227. The average Bonchev–Trinajstić information content (AvgIpc) is 2.02. The fourth-order valence-electron chi connectivity index (χ4n) is 1.77. The number of hydrogen-bond donors (Lipinski definition) is 1. The molecule has 15 heavy (non-hydrogen) atoms. The quantitative estimate of drug-likeness (QED) is 0.753. The fourth-order valence-corrected chi connectivity index (χ4v) is 1.77. The molecule has 0 aliphatic carbocycles. The molecule has 0 aliphatic heterocycles. The molecule has 1 unspecified atom stereocenters. The van der Waals surface area contributed by atoms with E-state index in [0.29, 0.717) is 0 Å². The Morgan fingerprint density at radius 1 is 1.27 bits per heavy atom. The smallest absolute Gasteiger partial charge is 0.104 e. The van der Waals surface area contributed by atoms with Gasteiger partial charge >= 0.3 is 0 Å². The minimum atomic E-state index is -0.709. The van der Waals surface area contributed by atoms with Crippen molar-refractivity contribution in [3.8, 4) is 0 Å². The zero-order valence-electron chi connectivity index (χ0n) is 10.8. The van der Waals surface area contributed by atoms with Crippen LogP contribution in [0.4, 0.5) is 0 Å². The second-order valence-electron chi connectivity index (χ2n) is 4.64. The first kappa shape index (κ1) is 18.3. The summed E-state index contributed by atoms with van der Waals surface area (Å²) in [5, 5.41) is 10.5. The van der Waals surface area contributed by atoms with Crippen molar-refractivity contribution in [2.75, 3.05) is 0 Å². The van der Waals surface area contributed by atoms with Gasteiger partial charge in [-0.05, 0) is 33.1 Å². The van der Waals surface area contributed by atoms with E-state index in [4.69, 9.17) is 0 Å². The van der Waals surface area contributed by atoms with E-state index in [1.165, 1.54) is 0 Å². The average molecular weight is 358 g/mol. The van der Waals surface area contributed by atoms with Gasteiger partial charge in [0.25, 0.3) is 0 Å². The van der Waals surface area contributed by atoms with Gasteiger partial charge in [-0.3, -0.25) is 4.99 Å². The summed E-state index contributed by atoms with van der Waals surface area (Å²) in [5.41, 5.74) is 0.170. The predicted octanol–water partition coefficient (Wildman–Crippen LogP) is 3.04. The first-order valence-electron chi connectivity index (χ1n) is 5.61. The van der Waals surface area contributed by atoms with Crippen LogP contribution in [0.5, 0.6) is 0 Å². The number of aliphatic imine (C=N–C) groups is 1. The minimum Gasteiger partial charge on any atom is -0.384 e. The second kappa shape index (κ2) is 8.07. The standard InChI is InChI=1S/C12H25NO.Tb/c1-7-8-12(14,9(2)3)11(6)13-10(4)5;/h9-10,14H,7-8H2,1-6H3;. The first-order valence-corrected chi connectivity index (χ1v) is 5.61. The molecule has 0 aliphatic rings.